The average Bonchev–Trinajstić information content (AvgIpc) is 2.50. The van der Waals surface area contributed by atoms with E-state index in [1.54, 1.807) is 24.3 Å². The van der Waals surface area contributed by atoms with E-state index in [0.29, 0.717) is 11.0 Å². The number of aromatic nitrogens is 2. The Morgan fingerprint density at radius 1 is 1.00 bits per heavy atom. The second-order valence-corrected chi connectivity index (χ2v) is 4.66. The number of benzene rings is 2. The highest BCUT2D eigenvalue weighted by Crippen LogP contribution is 2.17. The average molecular weight is 286 g/mol. The van der Waals surface area contributed by atoms with Gasteiger partial charge in [0.25, 0.3) is 12.0 Å². The summed E-state index contributed by atoms with van der Waals surface area (Å²) in [6.07, 6.45) is -2.89. The first-order valence-corrected chi connectivity index (χ1v) is 6.48. The van der Waals surface area contributed by atoms with Crippen LogP contribution in [0.5, 0.6) is 0 Å². The first kappa shape index (κ1) is 13.4. The van der Waals surface area contributed by atoms with Crippen LogP contribution in [0.1, 0.15) is 17.7 Å². The summed E-state index contributed by atoms with van der Waals surface area (Å²) in [6, 6.07) is 16.1. The van der Waals surface area contributed by atoms with Gasteiger partial charge >= 0.3 is 0 Å². The van der Waals surface area contributed by atoms with Crippen LogP contribution in [0, 0.1) is 0 Å². The smallest absolute Gasteiger partial charge is 0.285 e. The van der Waals surface area contributed by atoms with Crippen molar-refractivity contribution in [1.82, 2.24) is 9.55 Å². The molecule has 0 saturated carbocycles. The number of hydrogen-bond acceptors (Lipinski definition) is 2. The SMILES string of the molecule is O=c1c(C(F)F)nc2ccccc2n1Cc1ccccc1. The van der Waals surface area contributed by atoms with Crippen LogP contribution in [-0.2, 0) is 6.54 Å². The van der Waals surface area contributed by atoms with Gasteiger partial charge in [-0.2, -0.15) is 0 Å². The molecule has 3 aromatic rings. The van der Waals surface area contributed by atoms with Crippen LogP contribution < -0.4 is 5.56 Å². The molecule has 3 nitrogen and oxygen atoms in total. The third-order valence-corrected chi connectivity index (χ3v) is 3.27. The number of nitrogens with zero attached hydrogens (tertiary/aromatic N) is 2. The van der Waals surface area contributed by atoms with Crippen LogP contribution in [-0.4, -0.2) is 9.55 Å². The van der Waals surface area contributed by atoms with E-state index in [2.05, 4.69) is 4.98 Å². The topological polar surface area (TPSA) is 34.9 Å². The largest absolute Gasteiger partial charge is 0.301 e. The molecule has 0 bridgehead atoms. The minimum absolute atomic E-state index is 0.239. The van der Waals surface area contributed by atoms with Crippen LogP contribution in [0.3, 0.4) is 0 Å². The maximum absolute atomic E-state index is 13.0. The molecule has 0 aliphatic rings. The lowest BCUT2D eigenvalue weighted by molar-refractivity contribution is 0.144. The van der Waals surface area contributed by atoms with E-state index < -0.39 is 17.7 Å². The van der Waals surface area contributed by atoms with E-state index in [0.717, 1.165) is 5.56 Å². The molecule has 0 saturated heterocycles. The summed E-state index contributed by atoms with van der Waals surface area (Å²) in [5, 5.41) is 0. The van der Waals surface area contributed by atoms with E-state index in [1.165, 1.54) is 4.57 Å². The molecular weight excluding hydrogens is 274 g/mol. The molecule has 2 aromatic carbocycles. The summed E-state index contributed by atoms with van der Waals surface area (Å²) >= 11 is 0. The number of para-hydroxylation sites is 2. The lowest BCUT2D eigenvalue weighted by atomic mass is 10.2. The zero-order valence-corrected chi connectivity index (χ0v) is 11.0. The summed E-state index contributed by atoms with van der Waals surface area (Å²) < 4.78 is 27.3. The number of fused-ring (bicyclic) bond motifs is 1. The third-order valence-electron chi connectivity index (χ3n) is 3.27. The second-order valence-electron chi connectivity index (χ2n) is 4.66. The number of hydrogen-bond donors (Lipinski definition) is 0. The fourth-order valence-corrected chi connectivity index (χ4v) is 2.28. The summed E-state index contributed by atoms with van der Waals surface area (Å²) in [5.74, 6) is 0. The molecule has 0 spiro atoms. The molecule has 0 atom stereocenters. The minimum Gasteiger partial charge on any atom is -0.301 e. The predicted octanol–water partition coefficient (Wildman–Crippen LogP) is 3.38. The fraction of sp³-hybridized carbons (Fsp3) is 0.125. The highest BCUT2D eigenvalue weighted by molar-refractivity contribution is 5.74. The van der Waals surface area contributed by atoms with Crippen LogP contribution in [0.2, 0.25) is 0 Å². The van der Waals surface area contributed by atoms with Gasteiger partial charge < -0.3 is 4.57 Å². The minimum atomic E-state index is -2.89. The molecule has 106 valence electrons. The normalized spacial score (nSPS) is 11.2. The summed E-state index contributed by atoms with van der Waals surface area (Å²) in [6.45, 7) is 0.239. The standard InChI is InChI=1S/C16H12F2N2O/c17-15(18)14-16(21)20(10-11-6-2-1-3-7-11)13-9-5-4-8-12(13)19-14/h1-9,15H,10H2. The number of alkyl halides is 2. The van der Waals surface area contributed by atoms with Crippen molar-refractivity contribution in [2.75, 3.05) is 0 Å². The van der Waals surface area contributed by atoms with Gasteiger partial charge in [0, 0.05) is 0 Å². The first-order valence-electron chi connectivity index (χ1n) is 6.48. The molecule has 0 amide bonds. The van der Waals surface area contributed by atoms with Gasteiger partial charge in [-0.05, 0) is 17.7 Å². The van der Waals surface area contributed by atoms with Gasteiger partial charge in [-0.1, -0.05) is 42.5 Å². The van der Waals surface area contributed by atoms with Gasteiger partial charge in [0.05, 0.1) is 17.6 Å². The lowest BCUT2D eigenvalue weighted by Gasteiger charge is -2.12. The van der Waals surface area contributed by atoms with Gasteiger partial charge in [0.2, 0.25) is 0 Å². The van der Waals surface area contributed by atoms with Crippen molar-refractivity contribution in [3.8, 4) is 0 Å². The maximum atomic E-state index is 13.0. The molecule has 21 heavy (non-hydrogen) atoms. The fourth-order valence-electron chi connectivity index (χ4n) is 2.28. The Bertz CT molecular complexity index is 829. The third kappa shape index (κ3) is 2.54. The Morgan fingerprint density at radius 3 is 2.38 bits per heavy atom. The summed E-state index contributed by atoms with van der Waals surface area (Å²) in [4.78, 5) is 16.0. The monoisotopic (exact) mass is 286 g/mol. The molecule has 1 aromatic heterocycles. The van der Waals surface area contributed by atoms with E-state index >= 15 is 0 Å². The highest BCUT2D eigenvalue weighted by Gasteiger charge is 2.18. The maximum Gasteiger partial charge on any atom is 0.285 e. The van der Waals surface area contributed by atoms with Crippen LogP contribution >= 0.6 is 0 Å². The van der Waals surface area contributed by atoms with Crippen LogP contribution in [0.4, 0.5) is 8.78 Å². The Kier molecular flexibility index (Phi) is 3.48. The van der Waals surface area contributed by atoms with Crippen molar-refractivity contribution in [1.29, 1.82) is 0 Å². The molecule has 3 rings (SSSR count). The van der Waals surface area contributed by atoms with Crippen LogP contribution in [0.15, 0.2) is 59.4 Å². The van der Waals surface area contributed by atoms with Crippen LogP contribution in [0.25, 0.3) is 11.0 Å². The van der Waals surface area contributed by atoms with Crippen molar-refractivity contribution in [3.05, 3.63) is 76.2 Å². The predicted molar refractivity (Wildman–Crippen MR) is 76.5 cm³/mol. The van der Waals surface area contributed by atoms with Crippen molar-refractivity contribution in [3.63, 3.8) is 0 Å². The van der Waals surface area contributed by atoms with Crippen molar-refractivity contribution >= 4 is 11.0 Å². The number of halogens is 2. The molecule has 0 fully saturated rings. The first-order chi connectivity index (χ1) is 10.2. The molecular formula is C16H12F2N2O. The summed E-state index contributed by atoms with van der Waals surface area (Å²) in [5.41, 5.74) is 0.368. The highest BCUT2D eigenvalue weighted by atomic mass is 19.3. The molecule has 1 heterocycles. The van der Waals surface area contributed by atoms with Crippen molar-refractivity contribution < 1.29 is 8.78 Å². The Balaban J connectivity index is 2.24. The Morgan fingerprint density at radius 2 is 1.67 bits per heavy atom. The molecule has 5 heteroatoms. The lowest BCUT2D eigenvalue weighted by Crippen LogP contribution is -2.26. The molecule has 0 unspecified atom stereocenters. The summed E-state index contributed by atoms with van der Waals surface area (Å²) in [7, 11) is 0. The van der Waals surface area contributed by atoms with Gasteiger partial charge in [0.15, 0.2) is 5.69 Å². The molecule has 0 radical (unpaired) electrons. The van der Waals surface area contributed by atoms with E-state index in [1.807, 2.05) is 30.3 Å². The molecule has 0 aliphatic heterocycles. The zero-order chi connectivity index (χ0) is 14.8. The zero-order valence-electron chi connectivity index (χ0n) is 11.0. The van der Waals surface area contributed by atoms with Crippen molar-refractivity contribution in [2.45, 2.75) is 13.0 Å². The number of rotatable bonds is 3. The van der Waals surface area contributed by atoms with Gasteiger partial charge in [0.1, 0.15) is 0 Å². The Labute approximate surface area is 119 Å². The Hall–Kier alpha value is -2.56. The van der Waals surface area contributed by atoms with E-state index in [4.69, 9.17) is 0 Å². The van der Waals surface area contributed by atoms with Crippen molar-refractivity contribution in [2.24, 2.45) is 0 Å². The molecule has 0 N–H and O–H groups in total. The van der Waals surface area contributed by atoms with Gasteiger partial charge in [-0.25, -0.2) is 13.8 Å². The van der Waals surface area contributed by atoms with E-state index in [-0.39, 0.29) is 6.54 Å². The van der Waals surface area contributed by atoms with E-state index in [9.17, 15) is 13.6 Å². The quantitative estimate of drug-likeness (QED) is 0.739. The van der Waals surface area contributed by atoms with Gasteiger partial charge in [-0.15, -0.1) is 0 Å². The molecule has 0 aliphatic carbocycles. The second kappa shape index (κ2) is 5.44. The van der Waals surface area contributed by atoms with Gasteiger partial charge in [-0.3, -0.25) is 4.79 Å².